The van der Waals surface area contributed by atoms with Gasteiger partial charge in [-0.15, -0.1) is 0 Å². The number of nitrogens with zero attached hydrogens (tertiary/aromatic N) is 1. The molecule has 0 aromatic heterocycles. The van der Waals surface area contributed by atoms with Crippen LogP contribution in [-0.2, 0) is 20.3 Å². The fourth-order valence-corrected chi connectivity index (χ4v) is 3.76. The maximum absolute atomic E-state index is 6.43. The highest BCUT2D eigenvalue weighted by atomic mass is 16.7. The molecule has 0 spiro atoms. The fourth-order valence-electron chi connectivity index (χ4n) is 3.76. The summed E-state index contributed by atoms with van der Waals surface area (Å²) < 4.78 is 18.3. The van der Waals surface area contributed by atoms with Crippen molar-refractivity contribution in [1.29, 1.82) is 0 Å². The molecule has 2 aromatic rings. The lowest BCUT2D eigenvalue weighted by Gasteiger charge is -2.27. The predicted octanol–water partition coefficient (Wildman–Crippen LogP) is 6.06. The lowest BCUT2D eigenvalue weighted by atomic mass is 9.79. The molecule has 2 aliphatic rings. The average molecular weight is 395 g/mol. The standard InChI is InChI=1S/C25H32NO3/c1-24(2,3)17-14-20(25(4,5)6)22-21(15-17)26(18-10-8-7-9-11-18)23(29-22)28-19-12-13-27-16-19/h7-11,14-15,19H,12-13,16H2,1-6H3. The van der Waals surface area contributed by atoms with Crippen LogP contribution in [0.4, 0.5) is 11.4 Å². The van der Waals surface area contributed by atoms with Crippen LogP contribution < -0.4 is 9.64 Å². The van der Waals surface area contributed by atoms with Crippen LogP contribution in [0.5, 0.6) is 5.75 Å². The molecule has 0 bridgehead atoms. The van der Waals surface area contributed by atoms with Gasteiger partial charge in [0.1, 0.15) is 0 Å². The summed E-state index contributed by atoms with van der Waals surface area (Å²) in [6.45, 7) is 14.8. The van der Waals surface area contributed by atoms with Gasteiger partial charge >= 0.3 is 6.41 Å². The molecule has 4 heteroatoms. The van der Waals surface area contributed by atoms with Crippen molar-refractivity contribution < 1.29 is 14.2 Å². The van der Waals surface area contributed by atoms with Gasteiger partial charge in [-0.05, 0) is 41.0 Å². The molecule has 1 fully saturated rings. The van der Waals surface area contributed by atoms with Gasteiger partial charge in [-0.3, -0.25) is 4.90 Å². The minimum atomic E-state index is -0.0559. The summed E-state index contributed by atoms with van der Waals surface area (Å²) >= 11 is 0. The van der Waals surface area contributed by atoms with Gasteiger partial charge in [0, 0.05) is 17.9 Å². The Balaban J connectivity index is 1.85. The third-order valence-corrected chi connectivity index (χ3v) is 5.53. The normalized spacial score (nSPS) is 20.1. The first-order chi connectivity index (χ1) is 13.6. The third kappa shape index (κ3) is 4.01. The van der Waals surface area contributed by atoms with Crippen molar-refractivity contribution in [3.05, 3.63) is 60.0 Å². The molecule has 4 nitrogen and oxygen atoms in total. The molecule has 0 N–H and O–H groups in total. The molecule has 1 saturated heterocycles. The first kappa shape index (κ1) is 20.2. The number of rotatable bonds is 3. The SMILES string of the molecule is CC(C)(C)c1cc2c(c(C(C)(C)C)c1)O[C](OC1CCOC1)N2c1ccccc1. The number of para-hydroxylation sites is 1. The molecule has 1 radical (unpaired) electrons. The maximum atomic E-state index is 6.43. The first-order valence-electron chi connectivity index (χ1n) is 10.5. The van der Waals surface area contributed by atoms with Crippen LogP contribution in [0.2, 0.25) is 0 Å². The summed E-state index contributed by atoms with van der Waals surface area (Å²) in [5, 5.41) is 0. The molecule has 1 atom stereocenters. The minimum absolute atomic E-state index is 0.0192. The van der Waals surface area contributed by atoms with Crippen molar-refractivity contribution in [3.63, 3.8) is 0 Å². The number of benzene rings is 2. The first-order valence-corrected chi connectivity index (χ1v) is 10.5. The molecule has 2 heterocycles. The Morgan fingerprint density at radius 3 is 2.28 bits per heavy atom. The molecule has 0 amide bonds. The Kier molecular flexibility index (Phi) is 5.12. The van der Waals surface area contributed by atoms with Crippen LogP contribution >= 0.6 is 0 Å². The molecule has 4 rings (SSSR count). The van der Waals surface area contributed by atoms with E-state index in [9.17, 15) is 0 Å². The lowest BCUT2D eigenvalue weighted by Crippen LogP contribution is -2.29. The van der Waals surface area contributed by atoms with Crippen LogP contribution in [-0.4, -0.2) is 19.3 Å². The van der Waals surface area contributed by atoms with E-state index in [4.69, 9.17) is 14.2 Å². The highest BCUT2D eigenvalue weighted by Gasteiger charge is 2.42. The Bertz CT molecular complexity index is 858. The van der Waals surface area contributed by atoms with E-state index in [1.807, 2.05) is 18.2 Å². The maximum Gasteiger partial charge on any atom is 0.392 e. The Labute approximate surface area is 174 Å². The molecule has 0 aliphatic carbocycles. The van der Waals surface area contributed by atoms with Crippen LogP contribution in [0.1, 0.15) is 59.1 Å². The van der Waals surface area contributed by atoms with Crippen molar-refractivity contribution in [1.82, 2.24) is 0 Å². The van der Waals surface area contributed by atoms with Crippen molar-refractivity contribution in [3.8, 4) is 5.75 Å². The van der Waals surface area contributed by atoms with Crippen LogP contribution in [0, 0.1) is 6.41 Å². The van der Waals surface area contributed by atoms with E-state index >= 15 is 0 Å². The third-order valence-electron chi connectivity index (χ3n) is 5.53. The Hall–Kier alpha value is -2.04. The van der Waals surface area contributed by atoms with Crippen molar-refractivity contribution in [2.45, 2.75) is 64.9 Å². The number of hydrogen-bond donors (Lipinski definition) is 0. The zero-order valence-corrected chi connectivity index (χ0v) is 18.4. The Morgan fingerprint density at radius 2 is 1.69 bits per heavy atom. The number of hydrogen-bond acceptors (Lipinski definition) is 4. The van der Waals surface area contributed by atoms with Gasteiger partial charge in [-0.25, -0.2) is 0 Å². The second-order valence-electron chi connectivity index (χ2n) is 10.0. The van der Waals surface area contributed by atoms with Crippen LogP contribution in [0.15, 0.2) is 42.5 Å². The number of ether oxygens (including phenoxy) is 3. The fraction of sp³-hybridized carbons (Fsp3) is 0.480. The number of fused-ring (bicyclic) bond motifs is 1. The molecule has 2 aromatic carbocycles. The predicted molar refractivity (Wildman–Crippen MR) is 117 cm³/mol. The summed E-state index contributed by atoms with van der Waals surface area (Å²) in [5.41, 5.74) is 4.53. The zero-order chi connectivity index (χ0) is 20.8. The zero-order valence-electron chi connectivity index (χ0n) is 18.4. The highest BCUT2D eigenvalue weighted by Crippen LogP contribution is 2.52. The van der Waals surface area contributed by atoms with E-state index in [1.165, 1.54) is 11.1 Å². The monoisotopic (exact) mass is 394 g/mol. The van der Waals surface area contributed by atoms with Crippen LogP contribution in [0.3, 0.4) is 0 Å². The summed E-state index contributed by atoms with van der Waals surface area (Å²) in [5.74, 6) is 0.892. The molecule has 29 heavy (non-hydrogen) atoms. The van der Waals surface area contributed by atoms with Gasteiger partial charge in [0.25, 0.3) is 0 Å². The largest absolute Gasteiger partial charge is 0.435 e. The van der Waals surface area contributed by atoms with E-state index in [1.54, 1.807) is 0 Å². The van der Waals surface area contributed by atoms with Crippen molar-refractivity contribution in [2.75, 3.05) is 18.1 Å². The molecule has 155 valence electrons. The van der Waals surface area contributed by atoms with E-state index in [2.05, 4.69) is 70.7 Å². The minimum Gasteiger partial charge on any atom is -0.435 e. The second kappa shape index (κ2) is 7.33. The molecule has 2 aliphatic heterocycles. The molecular formula is C25H32NO3. The summed E-state index contributed by atoms with van der Waals surface area (Å²) in [6, 6.07) is 14.8. The molecule has 0 saturated carbocycles. The summed E-state index contributed by atoms with van der Waals surface area (Å²) in [4.78, 5) is 2.11. The quantitative estimate of drug-likeness (QED) is 0.633. The lowest BCUT2D eigenvalue weighted by molar-refractivity contribution is -0.0218. The van der Waals surface area contributed by atoms with E-state index in [0.717, 1.165) is 30.2 Å². The summed E-state index contributed by atoms with van der Waals surface area (Å²) in [6.07, 6.45) is 1.43. The molecule has 1 unspecified atom stereocenters. The highest BCUT2D eigenvalue weighted by molar-refractivity contribution is 5.78. The second-order valence-corrected chi connectivity index (χ2v) is 10.0. The van der Waals surface area contributed by atoms with Gasteiger partial charge in [0.15, 0.2) is 5.75 Å². The topological polar surface area (TPSA) is 30.9 Å². The smallest absolute Gasteiger partial charge is 0.392 e. The van der Waals surface area contributed by atoms with E-state index in [-0.39, 0.29) is 16.9 Å². The van der Waals surface area contributed by atoms with E-state index < -0.39 is 0 Å². The number of anilines is 2. The van der Waals surface area contributed by atoms with Crippen molar-refractivity contribution in [2.24, 2.45) is 0 Å². The average Bonchev–Trinajstić information content (AvgIpc) is 3.27. The van der Waals surface area contributed by atoms with Crippen molar-refractivity contribution >= 4 is 11.4 Å². The van der Waals surface area contributed by atoms with Crippen LogP contribution in [0.25, 0.3) is 0 Å². The molecular weight excluding hydrogens is 362 g/mol. The van der Waals surface area contributed by atoms with Gasteiger partial charge < -0.3 is 14.2 Å². The Morgan fingerprint density at radius 1 is 0.966 bits per heavy atom. The van der Waals surface area contributed by atoms with E-state index in [0.29, 0.717) is 13.0 Å². The summed E-state index contributed by atoms with van der Waals surface area (Å²) in [7, 11) is 0. The van der Waals surface area contributed by atoms with Gasteiger partial charge in [-0.1, -0.05) is 65.8 Å². The van der Waals surface area contributed by atoms with Gasteiger partial charge in [0.05, 0.1) is 18.4 Å². The van der Waals surface area contributed by atoms with Gasteiger partial charge in [0.2, 0.25) is 0 Å². The van der Waals surface area contributed by atoms with Gasteiger partial charge in [-0.2, -0.15) is 0 Å².